The zero-order chi connectivity index (χ0) is 21.0. The molecule has 0 aliphatic heterocycles. The number of carboxylic acids is 1. The number of amides is 1. The van der Waals surface area contributed by atoms with E-state index >= 15 is 0 Å². The van der Waals surface area contributed by atoms with Crippen LogP contribution in [0.4, 0.5) is 15.9 Å². The number of anilines is 2. The summed E-state index contributed by atoms with van der Waals surface area (Å²) in [5, 5.41) is 11.7. The summed E-state index contributed by atoms with van der Waals surface area (Å²) in [5.74, 6) is 3.44. The minimum absolute atomic E-state index is 0.0234. The number of nitrogens with one attached hydrogen (secondary N) is 1. The van der Waals surface area contributed by atoms with E-state index in [1.165, 1.54) is 18.2 Å². The van der Waals surface area contributed by atoms with Gasteiger partial charge in [0.25, 0.3) is 5.91 Å². The zero-order valence-electron chi connectivity index (χ0n) is 15.4. The smallest absolute Gasteiger partial charge is 0.337 e. The zero-order valence-corrected chi connectivity index (χ0v) is 15.4. The highest BCUT2D eigenvalue weighted by Gasteiger charge is 2.12. The van der Waals surface area contributed by atoms with Crippen LogP contribution >= 0.6 is 0 Å². The van der Waals surface area contributed by atoms with Crippen LogP contribution in [0.15, 0.2) is 54.7 Å². The maximum Gasteiger partial charge on any atom is 0.337 e. The number of hydrogen-bond donors (Lipinski definition) is 3. The van der Waals surface area contributed by atoms with Crippen molar-refractivity contribution < 1.29 is 19.1 Å². The Morgan fingerprint density at radius 1 is 1.14 bits per heavy atom. The average Bonchev–Trinajstić information content (AvgIpc) is 2.69. The second kappa shape index (κ2) is 8.23. The number of rotatable bonds is 3. The van der Waals surface area contributed by atoms with Gasteiger partial charge >= 0.3 is 5.97 Å². The number of hydrogen-bond acceptors (Lipinski definition) is 4. The molecule has 0 unspecified atom stereocenters. The number of aromatic carboxylic acids is 1. The van der Waals surface area contributed by atoms with E-state index in [1.807, 2.05) is 0 Å². The van der Waals surface area contributed by atoms with E-state index < -0.39 is 17.7 Å². The van der Waals surface area contributed by atoms with E-state index in [4.69, 9.17) is 10.8 Å². The molecule has 144 valence electrons. The van der Waals surface area contributed by atoms with Crippen LogP contribution in [-0.2, 0) is 0 Å². The second-order valence-electron chi connectivity index (χ2n) is 6.23. The molecule has 2 aromatic carbocycles. The average molecular weight is 389 g/mol. The number of carbonyl (C=O) groups excluding carboxylic acids is 1. The van der Waals surface area contributed by atoms with Crippen LogP contribution in [0.2, 0.25) is 0 Å². The summed E-state index contributed by atoms with van der Waals surface area (Å²) in [6, 6.07) is 12.3. The molecule has 0 bridgehead atoms. The molecule has 0 spiro atoms. The SMILES string of the molecule is Cc1ccc(F)c(C(=O)Nc2cccc(C#Cc3cc(C(=O)O)cnc3N)c2)c1. The first-order chi connectivity index (χ1) is 13.8. The van der Waals surface area contributed by atoms with E-state index in [9.17, 15) is 14.0 Å². The van der Waals surface area contributed by atoms with Gasteiger partial charge < -0.3 is 16.2 Å². The van der Waals surface area contributed by atoms with Crippen molar-refractivity contribution in [2.75, 3.05) is 11.1 Å². The van der Waals surface area contributed by atoms with Gasteiger partial charge in [0.2, 0.25) is 0 Å². The Kier molecular flexibility index (Phi) is 5.56. The number of benzene rings is 2. The number of nitrogen functional groups attached to an aromatic ring is 1. The van der Waals surface area contributed by atoms with Gasteiger partial charge in [-0.05, 0) is 43.3 Å². The summed E-state index contributed by atoms with van der Waals surface area (Å²) in [7, 11) is 0. The number of pyridine rings is 1. The summed E-state index contributed by atoms with van der Waals surface area (Å²) in [4.78, 5) is 27.2. The van der Waals surface area contributed by atoms with Crippen LogP contribution in [0.25, 0.3) is 0 Å². The highest BCUT2D eigenvalue weighted by Crippen LogP contribution is 2.16. The van der Waals surface area contributed by atoms with Gasteiger partial charge in [0.15, 0.2) is 0 Å². The van der Waals surface area contributed by atoms with E-state index in [-0.39, 0.29) is 22.5 Å². The molecule has 0 atom stereocenters. The molecule has 1 aromatic heterocycles. The van der Waals surface area contributed by atoms with Gasteiger partial charge in [-0.2, -0.15) is 0 Å². The number of aromatic nitrogens is 1. The molecule has 4 N–H and O–H groups in total. The second-order valence-corrected chi connectivity index (χ2v) is 6.23. The van der Waals surface area contributed by atoms with E-state index in [1.54, 1.807) is 37.3 Å². The van der Waals surface area contributed by atoms with Crippen LogP contribution in [0, 0.1) is 24.6 Å². The van der Waals surface area contributed by atoms with Crippen molar-refractivity contribution in [1.29, 1.82) is 0 Å². The van der Waals surface area contributed by atoms with Crippen molar-refractivity contribution in [2.45, 2.75) is 6.92 Å². The Balaban J connectivity index is 1.84. The highest BCUT2D eigenvalue weighted by molar-refractivity contribution is 6.04. The van der Waals surface area contributed by atoms with Gasteiger partial charge in [0.1, 0.15) is 11.6 Å². The molecular weight excluding hydrogens is 373 g/mol. The summed E-state index contributed by atoms with van der Waals surface area (Å²) in [6.45, 7) is 1.77. The van der Waals surface area contributed by atoms with E-state index in [0.717, 1.165) is 11.8 Å². The lowest BCUT2D eigenvalue weighted by atomic mass is 10.1. The lowest BCUT2D eigenvalue weighted by molar-refractivity contribution is 0.0696. The first kappa shape index (κ1) is 19.6. The third-order valence-electron chi connectivity index (χ3n) is 3.99. The molecule has 3 aromatic rings. The lowest BCUT2D eigenvalue weighted by Gasteiger charge is -2.07. The van der Waals surface area contributed by atoms with E-state index in [0.29, 0.717) is 11.3 Å². The molecule has 1 heterocycles. The minimum atomic E-state index is -1.13. The number of carbonyl (C=O) groups is 2. The summed E-state index contributed by atoms with van der Waals surface area (Å²) >= 11 is 0. The summed E-state index contributed by atoms with van der Waals surface area (Å²) in [6.07, 6.45) is 1.16. The van der Waals surface area contributed by atoms with Crippen LogP contribution in [0.3, 0.4) is 0 Å². The van der Waals surface area contributed by atoms with Gasteiger partial charge in [-0.1, -0.05) is 29.5 Å². The standard InChI is InChI=1S/C22H16FN3O3/c1-13-5-8-19(23)18(9-13)21(27)26-17-4-2-3-14(10-17)6-7-15-11-16(22(28)29)12-25-20(15)24/h2-5,8-12H,1H3,(H2,24,25)(H,26,27)(H,28,29). The summed E-state index contributed by atoms with van der Waals surface area (Å²) < 4.78 is 13.9. The predicted molar refractivity (Wildman–Crippen MR) is 107 cm³/mol. The Bertz CT molecular complexity index is 1180. The topological polar surface area (TPSA) is 105 Å². The number of halogens is 1. The van der Waals surface area contributed by atoms with Crippen molar-refractivity contribution in [3.05, 3.63) is 88.4 Å². The maximum atomic E-state index is 13.9. The third kappa shape index (κ3) is 4.76. The van der Waals surface area contributed by atoms with Gasteiger partial charge in [-0.25, -0.2) is 14.2 Å². The van der Waals surface area contributed by atoms with Crippen molar-refractivity contribution in [3.63, 3.8) is 0 Å². The molecule has 7 heteroatoms. The first-order valence-electron chi connectivity index (χ1n) is 8.52. The lowest BCUT2D eigenvalue weighted by Crippen LogP contribution is -2.14. The molecule has 0 aliphatic rings. The van der Waals surface area contributed by atoms with Crippen LogP contribution in [-0.4, -0.2) is 22.0 Å². The molecule has 0 saturated heterocycles. The fraction of sp³-hybridized carbons (Fsp3) is 0.0455. The quantitative estimate of drug-likeness (QED) is 0.595. The normalized spacial score (nSPS) is 10.0. The Hall–Kier alpha value is -4.18. The first-order valence-corrected chi connectivity index (χ1v) is 8.52. The number of nitrogens with zero attached hydrogens (tertiary/aromatic N) is 1. The Labute approximate surface area is 166 Å². The monoisotopic (exact) mass is 389 g/mol. The third-order valence-corrected chi connectivity index (χ3v) is 3.99. The fourth-order valence-corrected chi connectivity index (χ4v) is 2.52. The van der Waals surface area contributed by atoms with Crippen LogP contribution < -0.4 is 11.1 Å². The van der Waals surface area contributed by atoms with Crippen molar-refractivity contribution in [2.24, 2.45) is 0 Å². The fourth-order valence-electron chi connectivity index (χ4n) is 2.52. The Morgan fingerprint density at radius 2 is 1.93 bits per heavy atom. The molecule has 0 fully saturated rings. The molecule has 0 radical (unpaired) electrons. The van der Waals surface area contributed by atoms with Crippen molar-refractivity contribution in [1.82, 2.24) is 4.98 Å². The molecule has 3 rings (SSSR count). The molecule has 6 nitrogen and oxygen atoms in total. The van der Waals surface area contributed by atoms with Crippen molar-refractivity contribution >= 4 is 23.4 Å². The van der Waals surface area contributed by atoms with Crippen molar-refractivity contribution in [3.8, 4) is 11.8 Å². The van der Waals surface area contributed by atoms with Gasteiger partial charge in [0, 0.05) is 17.4 Å². The molecule has 0 saturated carbocycles. The van der Waals surface area contributed by atoms with Gasteiger partial charge in [0.05, 0.1) is 16.7 Å². The molecule has 0 aliphatic carbocycles. The largest absolute Gasteiger partial charge is 0.478 e. The number of aryl methyl sites for hydroxylation is 1. The highest BCUT2D eigenvalue weighted by atomic mass is 19.1. The molecule has 29 heavy (non-hydrogen) atoms. The van der Waals surface area contributed by atoms with Gasteiger partial charge in [-0.15, -0.1) is 0 Å². The Morgan fingerprint density at radius 3 is 2.69 bits per heavy atom. The maximum absolute atomic E-state index is 13.9. The van der Waals surface area contributed by atoms with E-state index in [2.05, 4.69) is 22.1 Å². The predicted octanol–water partition coefficient (Wildman–Crippen LogP) is 3.46. The number of nitrogens with two attached hydrogens (primary N) is 1. The minimum Gasteiger partial charge on any atom is -0.478 e. The van der Waals surface area contributed by atoms with Crippen LogP contribution in [0.5, 0.6) is 0 Å². The van der Waals surface area contributed by atoms with Crippen LogP contribution in [0.1, 0.15) is 37.4 Å². The van der Waals surface area contributed by atoms with Gasteiger partial charge in [-0.3, -0.25) is 4.79 Å². The molecular formula is C22H16FN3O3. The number of carboxylic acid groups (broad SMARTS) is 1. The summed E-state index contributed by atoms with van der Waals surface area (Å²) in [5.41, 5.74) is 7.70. The molecule has 1 amide bonds.